The van der Waals surface area contributed by atoms with Gasteiger partial charge in [0.05, 0.1) is 28.7 Å². The number of hydrogen-bond donors (Lipinski definition) is 1. The highest BCUT2D eigenvalue weighted by atomic mass is 32.2. The zero-order valence-electron chi connectivity index (χ0n) is 12.3. The number of nitrogens with one attached hydrogen (secondary N) is 1. The topological polar surface area (TPSA) is 81.5 Å². The van der Waals surface area contributed by atoms with E-state index in [1.54, 1.807) is 12.3 Å². The van der Waals surface area contributed by atoms with Gasteiger partial charge in [-0.1, -0.05) is 12.1 Å². The highest BCUT2D eigenvalue weighted by Crippen LogP contribution is 2.34. The Kier molecular flexibility index (Phi) is 5.17. The van der Waals surface area contributed by atoms with E-state index in [4.69, 9.17) is 4.74 Å². The Morgan fingerprint density at radius 3 is 2.61 bits per heavy atom. The molecule has 0 saturated carbocycles. The van der Waals surface area contributed by atoms with Crippen LogP contribution >= 0.6 is 11.8 Å². The number of nitrogens with zero attached hydrogens (tertiary/aromatic N) is 1. The average molecular weight is 336 g/mol. The van der Waals surface area contributed by atoms with Crippen LogP contribution in [0.5, 0.6) is 5.75 Å². The van der Waals surface area contributed by atoms with Gasteiger partial charge in [-0.25, -0.2) is 4.39 Å². The summed E-state index contributed by atoms with van der Waals surface area (Å²) in [6.45, 7) is 0. The third-order valence-corrected chi connectivity index (χ3v) is 3.82. The molecule has 0 aliphatic carbocycles. The van der Waals surface area contributed by atoms with Gasteiger partial charge in [-0.05, 0) is 24.5 Å². The number of anilines is 1. The van der Waals surface area contributed by atoms with Crippen molar-refractivity contribution in [2.45, 2.75) is 4.90 Å². The third kappa shape index (κ3) is 3.59. The quantitative estimate of drug-likeness (QED) is 0.511. The van der Waals surface area contributed by atoms with Gasteiger partial charge in [0.15, 0.2) is 0 Å². The number of nitro benzene ring substituents is 1. The van der Waals surface area contributed by atoms with E-state index in [1.165, 1.54) is 49.2 Å². The van der Waals surface area contributed by atoms with Gasteiger partial charge in [0, 0.05) is 0 Å². The summed E-state index contributed by atoms with van der Waals surface area (Å²) in [7, 11) is 1.39. The molecular formula is C15H13FN2O4S. The van der Waals surface area contributed by atoms with Crippen molar-refractivity contribution in [3.8, 4) is 5.75 Å². The molecule has 2 aromatic rings. The van der Waals surface area contributed by atoms with Crippen LogP contribution in [0, 0.1) is 15.9 Å². The van der Waals surface area contributed by atoms with Crippen LogP contribution in [0.25, 0.3) is 0 Å². The van der Waals surface area contributed by atoms with Gasteiger partial charge in [0.2, 0.25) is 0 Å². The molecule has 0 unspecified atom stereocenters. The van der Waals surface area contributed by atoms with E-state index in [2.05, 4.69) is 5.32 Å². The van der Waals surface area contributed by atoms with Crippen LogP contribution in [0.1, 0.15) is 10.4 Å². The summed E-state index contributed by atoms with van der Waals surface area (Å²) < 4.78 is 18.7. The van der Waals surface area contributed by atoms with Gasteiger partial charge in [-0.15, -0.1) is 11.8 Å². The first-order chi connectivity index (χ1) is 11.0. The Labute approximate surface area is 135 Å². The van der Waals surface area contributed by atoms with Crippen molar-refractivity contribution in [1.82, 2.24) is 0 Å². The summed E-state index contributed by atoms with van der Waals surface area (Å²) >= 11 is 1.28. The van der Waals surface area contributed by atoms with Crippen molar-refractivity contribution in [3.05, 3.63) is 57.9 Å². The van der Waals surface area contributed by atoms with Crippen molar-refractivity contribution in [2.24, 2.45) is 0 Å². The van der Waals surface area contributed by atoms with Crippen molar-refractivity contribution in [1.29, 1.82) is 0 Å². The van der Waals surface area contributed by atoms with E-state index in [9.17, 15) is 19.3 Å². The Morgan fingerprint density at radius 2 is 2.04 bits per heavy atom. The van der Waals surface area contributed by atoms with Crippen LogP contribution in [-0.4, -0.2) is 24.2 Å². The summed E-state index contributed by atoms with van der Waals surface area (Å²) in [6.07, 6.45) is 1.75. The zero-order valence-corrected chi connectivity index (χ0v) is 13.1. The number of rotatable bonds is 5. The van der Waals surface area contributed by atoms with Crippen molar-refractivity contribution < 1.29 is 18.8 Å². The van der Waals surface area contributed by atoms with Crippen LogP contribution in [0.15, 0.2) is 41.3 Å². The second-order valence-corrected chi connectivity index (χ2v) is 5.26. The number of halogens is 1. The first-order valence-corrected chi connectivity index (χ1v) is 7.66. The summed E-state index contributed by atoms with van der Waals surface area (Å²) in [5, 5.41) is 13.5. The number of carbonyl (C=O) groups excluding carboxylic acids is 1. The number of hydrogen-bond acceptors (Lipinski definition) is 5. The highest BCUT2D eigenvalue weighted by molar-refractivity contribution is 7.98. The van der Waals surface area contributed by atoms with Crippen LogP contribution in [0.2, 0.25) is 0 Å². The van der Waals surface area contributed by atoms with E-state index in [0.29, 0.717) is 10.6 Å². The fourth-order valence-electron chi connectivity index (χ4n) is 1.95. The fourth-order valence-corrected chi connectivity index (χ4v) is 2.53. The van der Waals surface area contributed by atoms with Gasteiger partial charge in [0.1, 0.15) is 17.1 Å². The first-order valence-electron chi connectivity index (χ1n) is 6.44. The number of methoxy groups -OCH3 is 1. The number of nitro groups is 1. The predicted molar refractivity (Wildman–Crippen MR) is 85.8 cm³/mol. The number of para-hydroxylation sites is 1. The number of ether oxygens (including phenoxy) is 1. The molecule has 0 atom stereocenters. The van der Waals surface area contributed by atoms with Gasteiger partial charge in [0.25, 0.3) is 11.6 Å². The van der Waals surface area contributed by atoms with Gasteiger partial charge >= 0.3 is 0 Å². The van der Waals surface area contributed by atoms with E-state index < -0.39 is 22.3 Å². The monoisotopic (exact) mass is 336 g/mol. The van der Waals surface area contributed by atoms with E-state index in [0.717, 1.165) is 0 Å². The lowest BCUT2D eigenvalue weighted by molar-refractivity contribution is -0.385. The summed E-state index contributed by atoms with van der Waals surface area (Å²) in [5.74, 6) is -1.09. The zero-order chi connectivity index (χ0) is 17.0. The van der Waals surface area contributed by atoms with Gasteiger partial charge in [-0.3, -0.25) is 14.9 Å². The Balaban J connectivity index is 2.46. The smallest absolute Gasteiger partial charge is 0.285 e. The summed E-state index contributed by atoms with van der Waals surface area (Å²) in [5.41, 5.74) is -0.620. The molecule has 0 fully saturated rings. The lowest BCUT2D eigenvalue weighted by Crippen LogP contribution is -2.15. The Hall–Kier alpha value is -2.61. The lowest BCUT2D eigenvalue weighted by atomic mass is 10.1. The maximum Gasteiger partial charge on any atom is 0.285 e. The second-order valence-electron chi connectivity index (χ2n) is 4.42. The van der Waals surface area contributed by atoms with Gasteiger partial charge in [-0.2, -0.15) is 0 Å². The summed E-state index contributed by atoms with van der Waals surface area (Å²) in [6, 6.07) is 8.13. The molecule has 120 valence electrons. The first kappa shape index (κ1) is 16.8. The molecule has 8 heteroatoms. The van der Waals surface area contributed by atoms with Crippen molar-refractivity contribution in [2.75, 3.05) is 18.7 Å². The molecule has 1 N–H and O–H groups in total. The minimum Gasteiger partial charge on any atom is -0.495 e. The molecule has 2 rings (SSSR count). The van der Waals surface area contributed by atoms with Gasteiger partial charge < -0.3 is 10.1 Å². The largest absolute Gasteiger partial charge is 0.495 e. The van der Waals surface area contributed by atoms with Crippen LogP contribution < -0.4 is 10.1 Å². The molecule has 23 heavy (non-hydrogen) atoms. The molecule has 0 saturated heterocycles. The van der Waals surface area contributed by atoms with Crippen LogP contribution in [0.4, 0.5) is 15.8 Å². The van der Waals surface area contributed by atoms with Crippen molar-refractivity contribution in [3.63, 3.8) is 0 Å². The Bertz CT molecular complexity index is 767. The SMILES string of the molecule is COc1cc([N+](=O)[O-])c(C(=O)Nc2ccccc2F)cc1SC. The molecule has 0 aromatic heterocycles. The maximum atomic E-state index is 13.6. The molecule has 0 bridgehead atoms. The molecule has 0 spiro atoms. The molecule has 0 aliphatic rings. The third-order valence-electron chi connectivity index (χ3n) is 3.07. The maximum absolute atomic E-state index is 13.6. The molecule has 1 amide bonds. The number of thioether (sulfide) groups is 1. The fraction of sp³-hybridized carbons (Fsp3) is 0.133. The molecule has 2 aromatic carbocycles. The minimum atomic E-state index is -0.764. The standard InChI is InChI=1S/C15H13FN2O4S/c1-22-13-8-12(18(20)21)9(7-14(13)23-2)15(19)17-11-6-4-3-5-10(11)16/h3-8H,1-2H3,(H,17,19). The average Bonchev–Trinajstić information content (AvgIpc) is 2.55. The second kappa shape index (κ2) is 7.10. The molecular weight excluding hydrogens is 323 g/mol. The Morgan fingerprint density at radius 1 is 1.35 bits per heavy atom. The van der Waals surface area contributed by atoms with E-state index in [1.807, 2.05) is 0 Å². The van der Waals surface area contributed by atoms with Crippen molar-refractivity contribution >= 4 is 29.0 Å². The van der Waals surface area contributed by atoms with Crippen LogP contribution in [-0.2, 0) is 0 Å². The molecule has 0 heterocycles. The molecule has 0 radical (unpaired) electrons. The minimum absolute atomic E-state index is 0.0479. The lowest BCUT2D eigenvalue weighted by Gasteiger charge is -2.10. The van der Waals surface area contributed by atoms with E-state index >= 15 is 0 Å². The molecule has 6 nitrogen and oxygen atoms in total. The number of benzene rings is 2. The van der Waals surface area contributed by atoms with Crippen LogP contribution in [0.3, 0.4) is 0 Å². The van der Waals surface area contributed by atoms with E-state index in [-0.39, 0.29) is 11.3 Å². The molecule has 0 aliphatic heterocycles. The number of carbonyl (C=O) groups is 1. The highest BCUT2D eigenvalue weighted by Gasteiger charge is 2.24. The normalized spacial score (nSPS) is 10.2. The predicted octanol–water partition coefficient (Wildman–Crippen LogP) is 3.72. The number of amides is 1. The summed E-state index contributed by atoms with van der Waals surface area (Å²) in [4.78, 5) is 23.4.